The molecule has 0 amide bonds. The number of aromatic nitrogens is 5. The molecule has 0 bridgehead atoms. The van der Waals surface area contributed by atoms with E-state index >= 15 is 0 Å². The smallest absolute Gasteiger partial charge is 0.287 e. The van der Waals surface area contributed by atoms with Gasteiger partial charge in [-0.05, 0) is 24.3 Å². The number of fused-ring (bicyclic) bond motifs is 1. The number of hydrogen-bond donors (Lipinski definition) is 0. The molecule has 0 aliphatic heterocycles. The first-order valence-electron chi connectivity index (χ1n) is 9.07. The van der Waals surface area contributed by atoms with E-state index in [-0.39, 0.29) is 11.5 Å². The molecular formula is C21H12F3N5OS. The van der Waals surface area contributed by atoms with Gasteiger partial charge in [0, 0.05) is 17.1 Å². The Morgan fingerprint density at radius 1 is 1.00 bits per heavy atom. The third-order valence-corrected chi connectivity index (χ3v) is 5.47. The maximum absolute atomic E-state index is 13.3. The molecule has 0 unspecified atom stereocenters. The van der Waals surface area contributed by atoms with Crippen LogP contribution in [0, 0.1) is 0 Å². The molecule has 5 rings (SSSR count). The average molecular weight is 439 g/mol. The summed E-state index contributed by atoms with van der Waals surface area (Å²) < 4.78 is 41.3. The Hall–Kier alpha value is -3.79. The Labute approximate surface area is 177 Å². The summed E-state index contributed by atoms with van der Waals surface area (Å²) in [5, 5.41) is 9.69. The molecule has 0 N–H and O–H groups in total. The summed E-state index contributed by atoms with van der Waals surface area (Å²) in [7, 11) is 0. The second-order valence-electron chi connectivity index (χ2n) is 6.65. The first kappa shape index (κ1) is 19.2. The van der Waals surface area contributed by atoms with Crippen molar-refractivity contribution < 1.29 is 18.0 Å². The molecule has 0 saturated carbocycles. The van der Waals surface area contributed by atoms with E-state index in [0.29, 0.717) is 22.0 Å². The number of halogens is 3. The van der Waals surface area contributed by atoms with Crippen molar-refractivity contribution in [2.75, 3.05) is 0 Å². The van der Waals surface area contributed by atoms with Crippen molar-refractivity contribution in [3.8, 4) is 16.9 Å². The third-order valence-electron chi connectivity index (χ3n) is 4.71. The van der Waals surface area contributed by atoms with Crippen molar-refractivity contribution in [1.82, 2.24) is 24.4 Å². The minimum absolute atomic E-state index is 0.0603. The number of ketones is 1. The van der Waals surface area contributed by atoms with Crippen LogP contribution in [0.3, 0.4) is 0 Å². The maximum Gasteiger partial charge on any atom is 0.416 e. The molecule has 0 spiro atoms. The fourth-order valence-electron chi connectivity index (χ4n) is 3.22. The Morgan fingerprint density at radius 2 is 1.74 bits per heavy atom. The SMILES string of the molecule is O=C(c1cn(-c2ccc(C(F)(F)F)cc2)nn1)c1c(-c2ccccc2)nc2sccn12. The minimum Gasteiger partial charge on any atom is -0.287 e. The summed E-state index contributed by atoms with van der Waals surface area (Å²) in [6.07, 6.45) is -1.28. The van der Waals surface area contributed by atoms with Gasteiger partial charge in [-0.1, -0.05) is 35.5 Å². The van der Waals surface area contributed by atoms with Crippen LogP contribution in [0.4, 0.5) is 13.2 Å². The Bertz CT molecular complexity index is 1380. The quantitative estimate of drug-likeness (QED) is 0.374. The summed E-state index contributed by atoms with van der Waals surface area (Å²) in [4.78, 5) is 18.6. The molecule has 5 aromatic rings. The van der Waals surface area contributed by atoms with Crippen LogP contribution in [0.2, 0.25) is 0 Å². The Balaban J connectivity index is 1.53. The Kier molecular flexibility index (Phi) is 4.44. The van der Waals surface area contributed by atoms with Crippen LogP contribution < -0.4 is 0 Å². The van der Waals surface area contributed by atoms with Gasteiger partial charge in [0.2, 0.25) is 5.78 Å². The van der Waals surface area contributed by atoms with E-state index < -0.39 is 11.7 Å². The van der Waals surface area contributed by atoms with Crippen molar-refractivity contribution in [1.29, 1.82) is 0 Å². The van der Waals surface area contributed by atoms with E-state index in [2.05, 4.69) is 15.3 Å². The molecule has 3 heterocycles. The predicted molar refractivity (Wildman–Crippen MR) is 108 cm³/mol. The molecule has 2 aromatic carbocycles. The van der Waals surface area contributed by atoms with E-state index in [9.17, 15) is 18.0 Å². The summed E-state index contributed by atoms with van der Waals surface area (Å²) >= 11 is 1.40. The second-order valence-corrected chi connectivity index (χ2v) is 7.53. The average Bonchev–Trinajstić information content (AvgIpc) is 3.49. The van der Waals surface area contributed by atoms with Gasteiger partial charge in [-0.25, -0.2) is 9.67 Å². The van der Waals surface area contributed by atoms with Crippen molar-refractivity contribution in [3.05, 3.63) is 89.3 Å². The number of benzene rings is 2. The zero-order chi connectivity index (χ0) is 21.6. The van der Waals surface area contributed by atoms with E-state index in [0.717, 1.165) is 17.7 Å². The highest BCUT2D eigenvalue weighted by atomic mass is 32.1. The largest absolute Gasteiger partial charge is 0.416 e. The molecule has 0 saturated heterocycles. The number of carbonyl (C=O) groups is 1. The summed E-state index contributed by atoms with van der Waals surface area (Å²) in [5.41, 5.74) is 1.32. The fourth-order valence-corrected chi connectivity index (χ4v) is 3.93. The zero-order valence-electron chi connectivity index (χ0n) is 15.6. The topological polar surface area (TPSA) is 65.1 Å². The molecular weight excluding hydrogens is 427 g/mol. The van der Waals surface area contributed by atoms with Crippen molar-refractivity contribution in [2.24, 2.45) is 0 Å². The third kappa shape index (κ3) is 3.40. The molecule has 0 atom stereocenters. The van der Waals surface area contributed by atoms with Gasteiger partial charge in [0.25, 0.3) is 0 Å². The van der Waals surface area contributed by atoms with E-state index in [1.807, 2.05) is 35.7 Å². The van der Waals surface area contributed by atoms with Gasteiger partial charge in [-0.3, -0.25) is 9.20 Å². The minimum atomic E-state index is -4.43. The summed E-state index contributed by atoms with van der Waals surface area (Å²) in [5.74, 6) is -0.386. The molecule has 0 aliphatic rings. The Morgan fingerprint density at radius 3 is 2.45 bits per heavy atom. The molecule has 3 aromatic heterocycles. The fraction of sp³-hybridized carbons (Fsp3) is 0.0476. The van der Waals surface area contributed by atoms with Gasteiger partial charge >= 0.3 is 6.18 Å². The number of imidazole rings is 1. The van der Waals surface area contributed by atoms with Crippen LogP contribution >= 0.6 is 11.3 Å². The summed E-state index contributed by atoms with van der Waals surface area (Å²) in [6, 6.07) is 13.8. The monoisotopic (exact) mass is 439 g/mol. The lowest BCUT2D eigenvalue weighted by atomic mass is 10.1. The van der Waals surface area contributed by atoms with Gasteiger partial charge in [0.1, 0.15) is 11.4 Å². The van der Waals surface area contributed by atoms with Crippen LogP contribution in [-0.4, -0.2) is 30.2 Å². The van der Waals surface area contributed by atoms with E-state index in [4.69, 9.17) is 0 Å². The standard InChI is InChI=1S/C21H12F3N5OS/c22-21(23,24)14-6-8-15(9-7-14)29-12-16(26-27-29)19(30)18-17(13-4-2-1-3-5-13)25-20-28(18)10-11-31-20/h1-12H. The lowest BCUT2D eigenvalue weighted by Crippen LogP contribution is -2.07. The van der Waals surface area contributed by atoms with Crippen LogP contribution in [0.25, 0.3) is 21.9 Å². The number of nitrogens with zero attached hydrogens (tertiary/aromatic N) is 5. The highest BCUT2D eigenvalue weighted by molar-refractivity contribution is 7.15. The van der Waals surface area contributed by atoms with Gasteiger partial charge in [-0.15, -0.1) is 16.4 Å². The van der Waals surface area contributed by atoms with E-state index in [1.165, 1.54) is 34.3 Å². The maximum atomic E-state index is 13.3. The van der Waals surface area contributed by atoms with Crippen LogP contribution in [-0.2, 0) is 6.18 Å². The molecule has 31 heavy (non-hydrogen) atoms. The number of hydrogen-bond acceptors (Lipinski definition) is 5. The molecule has 154 valence electrons. The van der Waals surface area contributed by atoms with Crippen molar-refractivity contribution in [3.63, 3.8) is 0 Å². The highest BCUT2D eigenvalue weighted by Gasteiger charge is 2.30. The lowest BCUT2D eigenvalue weighted by Gasteiger charge is -2.07. The highest BCUT2D eigenvalue weighted by Crippen LogP contribution is 2.30. The molecule has 10 heteroatoms. The summed E-state index contributed by atoms with van der Waals surface area (Å²) in [6.45, 7) is 0. The number of thiazole rings is 1. The molecule has 0 aliphatic carbocycles. The second kappa shape index (κ2) is 7.17. The van der Waals surface area contributed by atoms with Crippen molar-refractivity contribution in [2.45, 2.75) is 6.18 Å². The van der Waals surface area contributed by atoms with Gasteiger partial charge in [0.15, 0.2) is 10.7 Å². The lowest BCUT2D eigenvalue weighted by molar-refractivity contribution is -0.137. The van der Waals surface area contributed by atoms with Gasteiger partial charge < -0.3 is 0 Å². The van der Waals surface area contributed by atoms with E-state index in [1.54, 1.807) is 10.6 Å². The normalized spacial score (nSPS) is 11.8. The molecule has 0 radical (unpaired) electrons. The zero-order valence-corrected chi connectivity index (χ0v) is 16.4. The number of alkyl halides is 3. The van der Waals surface area contributed by atoms with Crippen molar-refractivity contribution >= 4 is 22.1 Å². The molecule has 6 nitrogen and oxygen atoms in total. The molecule has 0 fully saturated rings. The van der Waals surface area contributed by atoms with Crippen LogP contribution in [0.15, 0.2) is 72.4 Å². The van der Waals surface area contributed by atoms with Gasteiger partial charge in [0.05, 0.1) is 17.4 Å². The number of rotatable bonds is 4. The number of carbonyl (C=O) groups excluding carboxylic acids is 1. The van der Waals surface area contributed by atoms with Crippen LogP contribution in [0.1, 0.15) is 21.7 Å². The van der Waals surface area contributed by atoms with Crippen LogP contribution in [0.5, 0.6) is 0 Å². The first-order valence-corrected chi connectivity index (χ1v) is 9.95. The predicted octanol–water partition coefficient (Wildman–Crippen LogP) is 4.89. The first-order chi connectivity index (χ1) is 14.9. The van der Waals surface area contributed by atoms with Gasteiger partial charge in [-0.2, -0.15) is 13.2 Å².